The van der Waals surface area contributed by atoms with E-state index in [1.54, 1.807) is 37.5 Å². The van der Waals surface area contributed by atoms with Gasteiger partial charge in [-0.3, -0.25) is 4.79 Å². The highest BCUT2D eigenvalue weighted by molar-refractivity contribution is 7.89. The van der Waals surface area contributed by atoms with Crippen LogP contribution in [0.25, 0.3) is 10.9 Å². The van der Waals surface area contributed by atoms with Gasteiger partial charge in [0.2, 0.25) is 10.0 Å². The molecule has 2 aliphatic heterocycles. The maximum Gasteiger partial charge on any atom is 0.244 e. The molecular formula is C22H20N2O4S. The van der Waals surface area contributed by atoms with Gasteiger partial charge in [-0.15, -0.1) is 0 Å². The molecule has 2 aliphatic rings. The summed E-state index contributed by atoms with van der Waals surface area (Å²) in [6, 6.07) is 11.1. The second kappa shape index (κ2) is 6.30. The molecule has 7 heteroatoms. The molecule has 2 unspecified atom stereocenters. The molecule has 148 valence electrons. The minimum atomic E-state index is -3.85. The van der Waals surface area contributed by atoms with Crippen LogP contribution in [0.15, 0.2) is 59.5 Å². The number of ketones is 1. The number of hydrogen-bond acceptors (Lipinski definition) is 4. The van der Waals surface area contributed by atoms with E-state index in [4.69, 9.17) is 4.74 Å². The van der Waals surface area contributed by atoms with Crippen molar-refractivity contribution >= 4 is 26.7 Å². The van der Waals surface area contributed by atoms with E-state index < -0.39 is 22.1 Å². The topological polar surface area (TPSA) is 79.5 Å². The Labute approximate surface area is 168 Å². The normalized spacial score (nSPS) is 21.4. The monoisotopic (exact) mass is 408 g/mol. The molecule has 0 radical (unpaired) electrons. The fourth-order valence-corrected chi connectivity index (χ4v) is 6.02. The van der Waals surface area contributed by atoms with Crippen molar-refractivity contribution in [2.75, 3.05) is 7.11 Å². The number of nitrogens with zero attached hydrogens (tertiary/aromatic N) is 1. The van der Waals surface area contributed by atoms with Crippen LogP contribution in [-0.2, 0) is 21.2 Å². The van der Waals surface area contributed by atoms with Gasteiger partial charge in [-0.2, -0.15) is 4.31 Å². The van der Waals surface area contributed by atoms with Crippen LogP contribution in [0.4, 0.5) is 0 Å². The Morgan fingerprint density at radius 1 is 1.14 bits per heavy atom. The molecule has 3 aromatic rings. The lowest BCUT2D eigenvalue weighted by molar-refractivity contribution is -0.119. The van der Waals surface area contributed by atoms with Gasteiger partial charge in [0, 0.05) is 16.6 Å². The molecule has 6 nitrogen and oxygen atoms in total. The third-order valence-electron chi connectivity index (χ3n) is 5.79. The minimum Gasteiger partial charge on any atom is -0.497 e. The van der Waals surface area contributed by atoms with E-state index >= 15 is 0 Å². The van der Waals surface area contributed by atoms with Crippen molar-refractivity contribution < 1.29 is 17.9 Å². The molecule has 5 rings (SSSR count). The standard InChI is InChI=1S/C22H20N2O4S/c1-13-3-6-15(7-4-13)29(26,27)24-19-9-10-21(25)20(24)12-17-16-11-14(28-2)5-8-18(16)23-22(17)19/h3-11,19-20,23H,12H2,1-2H3. The number of carbonyl (C=O) groups is 1. The highest BCUT2D eigenvalue weighted by Gasteiger charge is 2.47. The number of fused-ring (bicyclic) bond motifs is 6. The SMILES string of the molecule is COc1ccc2[nH]c3c(c2c1)CC1C(=O)C=CC3N1S(=O)(=O)c1ccc(C)cc1. The fraction of sp³-hybridized carbons (Fsp3) is 0.227. The Bertz CT molecular complexity index is 1270. The maximum absolute atomic E-state index is 13.5. The Hall–Kier alpha value is -2.90. The first-order chi connectivity index (χ1) is 13.9. The van der Waals surface area contributed by atoms with Crippen LogP contribution < -0.4 is 4.74 Å². The van der Waals surface area contributed by atoms with Gasteiger partial charge in [-0.25, -0.2) is 8.42 Å². The number of methoxy groups -OCH3 is 1. The predicted octanol–water partition coefficient (Wildman–Crippen LogP) is 3.28. The van der Waals surface area contributed by atoms with Crippen molar-refractivity contribution in [1.82, 2.24) is 9.29 Å². The Morgan fingerprint density at radius 2 is 1.90 bits per heavy atom. The van der Waals surface area contributed by atoms with Crippen molar-refractivity contribution in [1.29, 1.82) is 0 Å². The van der Waals surface area contributed by atoms with Gasteiger partial charge in [0.15, 0.2) is 5.78 Å². The number of carbonyl (C=O) groups excluding carboxylic acids is 1. The molecule has 1 N–H and O–H groups in total. The van der Waals surface area contributed by atoms with Crippen molar-refractivity contribution in [3.05, 3.63) is 71.4 Å². The summed E-state index contributed by atoms with van der Waals surface area (Å²) in [6.07, 6.45) is 3.51. The van der Waals surface area contributed by atoms with Gasteiger partial charge >= 0.3 is 0 Å². The van der Waals surface area contributed by atoms with Crippen molar-refractivity contribution in [2.24, 2.45) is 0 Å². The summed E-state index contributed by atoms with van der Waals surface area (Å²) in [6.45, 7) is 1.91. The molecule has 3 heterocycles. The minimum absolute atomic E-state index is 0.195. The van der Waals surface area contributed by atoms with Crippen LogP contribution in [-0.4, -0.2) is 36.6 Å². The zero-order chi connectivity index (χ0) is 20.3. The van der Waals surface area contributed by atoms with Crippen molar-refractivity contribution in [2.45, 2.75) is 30.3 Å². The second-order valence-corrected chi connectivity index (χ2v) is 9.35. The first-order valence-corrected chi connectivity index (χ1v) is 10.8. The van der Waals surface area contributed by atoms with Crippen LogP contribution in [0.2, 0.25) is 0 Å². The first-order valence-electron chi connectivity index (χ1n) is 9.41. The number of hydrogen-bond donors (Lipinski definition) is 1. The average molecular weight is 408 g/mol. The summed E-state index contributed by atoms with van der Waals surface area (Å²) >= 11 is 0. The highest BCUT2D eigenvalue weighted by atomic mass is 32.2. The Balaban J connectivity index is 1.69. The zero-order valence-electron chi connectivity index (χ0n) is 16.0. The lowest BCUT2D eigenvalue weighted by atomic mass is 9.88. The van der Waals surface area contributed by atoms with Gasteiger partial charge < -0.3 is 9.72 Å². The zero-order valence-corrected chi connectivity index (χ0v) is 16.9. The summed E-state index contributed by atoms with van der Waals surface area (Å²) in [5.41, 5.74) is 3.66. The molecule has 0 fully saturated rings. The van der Waals surface area contributed by atoms with E-state index in [1.807, 2.05) is 25.1 Å². The number of aryl methyl sites for hydroxylation is 1. The molecule has 0 saturated heterocycles. The van der Waals surface area contributed by atoms with Crippen LogP contribution in [0.1, 0.15) is 22.9 Å². The second-order valence-electron chi connectivity index (χ2n) is 7.50. The summed E-state index contributed by atoms with van der Waals surface area (Å²) in [5, 5.41) is 0.963. The molecular weight excluding hydrogens is 388 g/mol. The Kier molecular flexibility index (Phi) is 3.94. The van der Waals surface area contributed by atoms with Gasteiger partial charge in [0.25, 0.3) is 0 Å². The van der Waals surface area contributed by atoms with Gasteiger partial charge in [-0.1, -0.05) is 23.8 Å². The third-order valence-corrected chi connectivity index (χ3v) is 7.69. The number of H-pyrrole nitrogens is 1. The number of ether oxygens (including phenoxy) is 1. The van der Waals surface area contributed by atoms with Crippen LogP contribution in [0.3, 0.4) is 0 Å². The number of aromatic nitrogens is 1. The smallest absolute Gasteiger partial charge is 0.244 e. The van der Waals surface area contributed by atoms with Crippen LogP contribution in [0.5, 0.6) is 5.75 Å². The molecule has 1 aromatic heterocycles. The van der Waals surface area contributed by atoms with Gasteiger partial charge in [0.05, 0.1) is 24.1 Å². The quantitative estimate of drug-likeness (QED) is 0.721. The van der Waals surface area contributed by atoms with E-state index in [2.05, 4.69) is 4.98 Å². The summed E-state index contributed by atoms with van der Waals surface area (Å²) in [5.74, 6) is 0.529. The third kappa shape index (κ3) is 2.65. The first kappa shape index (κ1) is 18.1. The van der Waals surface area contributed by atoms with E-state index in [0.717, 1.165) is 33.5 Å². The summed E-state index contributed by atoms with van der Waals surface area (Å²) in [4.78, 5) is 16.3. The number of nitrogens with one attached hydrogen (secondary N) is 1. The van der Waals surface area contributed by atoms with Gasteiger partial charge in [-0.05, 0) is 55.3 Å². The summed E-state index contributed by atoms with van der Waals surface area (Å²) in [7, 11) is -2.24. The van der Waals surface area contributed by atoms with E-state index in [0.29, 0.717) is 6.42 Å². The molecule has 2 bridgehead atoms. The number of rotatable bonds is 3. The maximum atomic E-state index is 13.5. The highest BCUT2D eigenvalue weighted by Crippen LogP contribution is 2.43. The number of sulfonamides is 1. The van der Waals surface area contributed by atoms with Crippen molar-refractivity contribution in [3.63, 3.8) is 0 Å². The van der Waals surface area contributed by atoms with E-state index in [9.17, 15) is 13.2 Å². The number of aromatic amines is 1. The molecule has 0 spiro atoms. The molecule has 29 heavy (non-hydrogen) atoms. The largest absolute Gasteiger partial charge is 0.497 e. The number of benzene rings is 2. The molecule has 0 amide bonds. The molecule has 2 atom stereocenters. The summed E-state index contributed by atoms with van der Waals surface area (Å²) < 4.78 is 33.7. The molecule has 2 aromatic carbocycles. The van der Waals surface area contributed by atoms with Crippen LogP contribution in [0, 0.1) is 6.92 Å². The lowest BCUT2D eigenvalue weighted by Crippen LogP contribution is -2.52. The van der Waals surface area contributed by atoms with Gasteiger partial charge in [0.1, 0.15) is 5.75 Å². The Morgan fingerprint density at radius 3 is 2.62 bits per heavy atom. The van der Waals surface area contributed by atoms with Crippen molar-refractivity contribution in [3.8, 4) is 5.75 Å². The molecule has 0 saturated carbocycles. The molecule has 0 aliphatic carbocycles. The van der Waals surface area contributed by atoms with Crippen LogP contribution >= 0.6 is 0 Å². The van der Waals surface area contributed by atoms with E-state index in [1.165, 1.54) is 10.4 Å². The van der Waals surface area contributed by atoms with E-state index in [-0.39, 0.29) is 10.7 Å². The fourth-order valence-electron chi connectivity index (χ4n) is 4.30. The predicted molar refractivity (Wildman–Crippen MR) is 109 cm³/mol. The average Bonchev–Trinajstić information content (AvgIpc) is 3.08. The lowest BCUT2D eigenvalue weighted by Gasteiger charge is -2.40.